The van der Waals surface area contributed by atoms with E-state index in [4.69, 9.17) is 22.1 Å². The molecule has 1 atom stereocenters. The Morgan fingerprint density at radius 2 is 2.27 bits per heavy atom. The predicted molar refractivity (Wildman–Crippen MR) is 63.0 cm³/mol. The third kappa shape index (κ3) is 3.16. The van der Waals surface area contributed by atoms with Crippen molar-refractivity contribution in [3.63, 3.8) is 0 Å². The maximum absolute atomic E-state index is 5.99. The highest BCUT2D eigenvalue weighted by Crippen LogP contribution is 2.28. The Kier molecular flexibility index (Phi) is 4.48. The van der Waals surface area contributed by atoms with Crippen molar-refractivity contribution in [1.29, 1.82) is 0 Å². The van der Waals surface area contributed by atoms with Gasteiger partial charge in [0.1, 0.15) is 5.75 Å². The molecule has 0 aromatic heterocycles. The summed E-state index contributed by atoms with van der Waals surface area (Å²) in [4.78, 5) is 0. The van der Waals surface area contributed by atoms with Crippen LogP contribution in [-0.4, -0.2) is 7.11 Å². The average molecular weight is 224 g/mol. The molecule has 1 rings (SSSR count). The van der Waals surface area contributed by atoms with Gasteiger partial charge in [0.05, 0.1) is 7.11 Å². The first-order valence-electron chi connectivity index (χ1n) is 4.67. The zero-order valence-corrected chi connectivity index (χ0v) is 9.64. The van der Waals surface area contributed by atoms with Crippen molar-refractivity contribution in [3.05, 3.63) is 28.8 Å². The Hall–Kier alpha value is -1.17. The predicted octanol–water partition coefficient (Wildman–Crippen LogP) is 2.76. The molecule has 0 amide bonds. The van der Waals surface area contributed by atoms with E-state index >= 15 is 0 Å². The van der Waals surface area contributed by atoms with Crippen LogP contribution in [0.25, 0.3) is 0 Å². The van der Waals surface area contributed by atoms with E-state index in [1.807, 2.05) is 12.1 Å². The molecule has 3 heteroatoms. The van der Waals surface area contributed by atoms with Crippen LogP contribution >= 0.6 is 11.6 Å². The Morgan fingerprint density at radius 1 is 1.53 bits per heavy atom. The molecule has 0 aliphatic carbocycles. The molecule has 0 saturated carbocycles. The van der Waals surface area contributed by atoms with E-state index in [0.29, 0.717) is 11.4 Å². The van der Waals surface area contributed by atoms with Crippen molar-refractivity contribution in [3.8, 4) is 17.6 Å². The molecule has 0 radical (unpaired) electrons. The number of benzene rings is 1. The number of ether oxygens (including phenoxy) is 1. The highest BCUT2D eigenvalue weighted by molar-refractivity contribution is 6.30. The van der Waals surface area contributed by atoms with Crippen molar-refractivity contribution in [2.45, 2.75) is 19.4 Å². The van der Waals surface area contributed by atoms with Crippen LogP contribution < -0.4 is 10.5 Å². The van der Waals surface area contributed by atoms with Gasteiger partial charge < -0.3 is 10.5 Å². The largest absolute Gasteiger partial charge is 0.496 e. The summed E-state index contributed by atoms with van der Waals surface area (Å²) < 4.78 is 5.21. The summed E-state index contributed by atoms with van der Waals surface area (Å²) in [5, 5.41) is 0.658. The fourth-order valence-corrected chi connectivity index (χ4v) is 1.50. The second kappa shape index (κ2) is 5.65. The standard InChI is InChI=1S/C12H14ClNO/c1-3-4-5-11(14)10-8-9(13)6-7-12(10)15-2/h6-8,11H,5,14H2,1-2H3. The zero-order valence-electron chi connectivity index (χ0n) is 8.88. The van der Waals surface area contributed by atoms with E-state index in [-0.39, 0.29) is 6.04 Å². The summed E-state index contributed by atoms with van der Waals surface area (Å²) in [6.45, 7) is 1.79. The average Bonchev–Trinajstić information content (AvgIpc) is 2.25. The highest BCUT2D eigenvalue weighted by atomic mass is 35.5. The van der Waals surface area contributed by atoms with Gasteiger partial charge in [-0.15, -0.1) is 11.8 Å². The minimum Gasteiger partial charge on any atom is -0.496 e. The monoisotopic (exact) mass is 223 g/mol. The fraction of sp³-hybridized carbons (Fsp3) is 0.333. The van der Waals surface area contributed by atoms with Crippen molar-refractivity contribution in [2.75, 3.05) is 7.11 Å². The van der Waals surface area contributed by atoms with Crippen LogP contribution in [0, 0.1) is 11.8 Å². The van der Waals surface area contributed by atoms with Crippen LogP contribution in [0.2, 0.25) is 5.02 Å². The first-order valence-corrected chi connectivity index (χ1v) is 5.05. The maximum Gasteiger partial charge on any atom is 0.123 e. The van der Waals surface area contributed by atoms with Crippen molar-refractivity contribution >= 4 is 11.6 Å². The lowest BCUT2D eigenvalue weighted by Crippen LogP contribution is -2.10. The molecule has 0 aliphatic rings. The molecule has 1 aromatic carbocycles. The van der Waals surface area contributed by atoms with Crippen molar-refractivity contribution in [1.82, 2.24) is 0 Å². The minimum absolute atomic E-state index is 0.161. The molecule has 2 nitrogen and oxygen atoms in total. The summed E-state index contributed by atoms with van der Waals surface area (Å²) in [7, 11) is 1.62. The van der Waals surface area contributed by atoms with Gasteiger partial charge in [0.15, 0.2) is 0 Å². The molecule has 1 aromatic rings. The lowest BCUT2D eigenvalue weighted by atomic mass is 10.0. The number of halogens is 1. The van der Waals surface area contributed by atoms with Gasteiger partial charge in [0, 0.05) is 23.0 Å². The number of methoxy groups -OCH3 is 1. The lowest BCUT2D eigenvalue weighted by molar-refractivity contribution is 0.406. The molecule has 2 N–H and O–H groups in total. The Morgan fingerprint density at radius 3 is 2.87 bits per heavy atom. The fourth-order valence-electron chi connectivity index (χ4n) is 1.32. The Labute approximate surface area is 95.4 Å². The molecule has 0 bridgehead atoms. The zero-order chi connectivity index (χ0) is 11.3. The Bertz CT molecular complexity index is 392. The molecule has 0 fully saturated rings. The minimum atomic E-state index is -0.161. The van der Waals surface area contributed by atoms with Gasteiger partial charge in [0.2, 0.25) is 0 Å². The van der Waals surface area contributed by atoms with Crippen LogP contribution in [0.3, 0.4) is 0 Å². The third-order valence-corrected chi connectivity index (χ3v) is 2.33. The smallest absolute Gasteiger partial charge is 0.123 e. The molecule has 0 aliphatic heterocycles. The van der Waals surface area contributed by atoms with Gasteiger partial charge in [-0.05, 0) is 25.1 Å². The second-order valence-corrected chi connectivity index (χ2v) is 3.56. The molecule has 80 valence electrons. The summed E-state index contributed by atoms with van der Waals surface area (Å²) in [6, 6.07) is 5.26. The van der Waals surface area contributed by atoms with Gasteiger partial charge in [-0.25, -0.2) is 0 Å². The summed E-state index contributed by atoms with van der Waals surface area (Å²) in [6.07, 6.45) is 0.604. The highest BCUT2D eigenvalue weighted by Gasteiger charge is 2.11. The van der Waals surface area contributed by atoms with Crippen LogP contribution in [-0.2, 0) is 0 Å². The molecule has 0 saturated heterocycles. The third-order valence-electron chi connectivity index (χ3n) is 2.09. The molecular weight excluding hydrogens is 210 g/mol. The van der Waals surface area contributed by atoms with Crippen LogP contribution in [0.4, 0.5) is 0 Å². The molecule has 0 heterocycles. The van der Waals surface area contributed by atoms with Gasteiger partial charge in [0.25, 0.3) is 0 Å². The van der Waals surface area contributed by atoms with Gasteiger partial charge in [-0.1, -0.05) is 11.6 Å². The SMILES string of the molecule is CC#CCC(N)c1cc(Cl)ccc1OC. The van der Waals surface area contributed by atoms with Crippen LogP contribution in [0.15, 0.2) is 18.2 Å². The van der Waals surface area contributed by atoms with Crippen molar-refractivity contribution < 1.29 is 4.74 Å². The summed E-state index contributed by atoms with van der Waals surface area (Å²) >= 11 is 5.90. The molecule has 15 heavy (non-hydrogen) atoms. The van der Waals surface area contributed by atoms with Gasteiger partial charge in [-0.2, -0.15) is 0 Å². The van der Waals surface area contributed by atoms with Gasteiger partial charge >= 0.3 is 0 Å². The van der Waals surface area contributed by atoms with E-state index in [1.165, 1.54) is 0 Å². The normalized spacial score (nSPS) is 11.5. The topological polar surface area (TPSA) is 35.2 Å². The number of rotatable bonds is 3. The van der Waals surface area contributed by atoms with E-state index in [2.05, 4.69) is 11.8 Å². The number of nitrogens with two attached hydrogens (primary N) is 1. The van der Waals surface area contributed by atoms with Gasteiger partial charge in [-0.3, -0.25) is 0 Å². The van der Waals surface area contributed by atoms with E-state index in [0.717, 1.165) is 11.3 Å². The molecule has 0 spiro atoms. The summed E-state index contributed by atoms with van der Waals surface area (Å²) in [5.74, 6) is 6.51. The quantitative estimate of drug-likeness (QED) is 0.800. The Balaban J connectivity index is 2.97. The first kappa shape index (κ1) is 11.9. The van der Waals surface area contributed by atoms with Crippen LogP contribution in [0.5, 0.6) is 5.75 Å². The second-order valence-electron chi connectivity index (χ2n) is 3.12. The van der Waals surface area contributed by atoms with E-state index in [9.17, 15) is 0 Å². The number of hydrogen-bond donors (Lipinski definition) is 1. The van der Waals surface area contributed by atoms with E-state index < -0.39 is 0 Å². The van der Waals surface area contributed by atoms with E-state index in [1.54, 1.807) is 20.1 Å². The molecule has 1 unspecified atom stereocenters. The van der Waals surface area contributed by atoms with Crippen molar-refractivity contribution in [2.24, 2.45) is 5.73 Å². The summed E-state index contributed by atoms with van der Waals surface area (Å²) in [5.41, 5.74) is 6.88. The first-order chi connectivity index (χ1) is 7.19. The lowest BCUT2D eigenvalue weighted by Gasteiger charge is -2.13. The maximum atomic E-state index is 5.99. The number of hydrogen-bond acceptors (Lipinski definition) is 2. The molecular formula is C12H14ClNO. The van der Waals surface area contributed by atoms with Crippen LogP contribution in [0.1, 0.15) is 24.9 Å².